The molecule has 2 N–H and O–H groups in total. The molecule has 0 aliphatic carbocycles. The van der Waals surface area contributed by atoms with E-state index in [0.717, 1.165) is 0 Å². The Kier molecular flexibility index (Phi) is 15.9. The number of hydrogen-bond acceptors (Lipinski definition) is 17. The minimum absolute atomic E-state index is 0. The molecular weight excluding hydrogens is 698 g/mol. The summed E-state index contributed by atoms with van der Waals surface area (Å²) in [6.45, 7) is 6.67. The van der Waals surface area contributed by atoms with E-state index in [9.17, 15) is 14.7 Å². The zero-order valence-corrected chi connectivity index (χ0v) is 28.9. The van der Waals surface area contributed by atoms with Gasteiger partial charge in [-0.15, -0.1) is 0 Å². The second-order valence-electron chi connectivity index (χ2n) is 10.3. The van der Waals surface area contributed by atoms with Crippen LogP contribution in [0.1, 0.15) is 40.5 Å². The van der Waals surface area contributed by atoms with Crippen molar-refractivity contribution >= 4 is 11.9 Å². The van der Waals surface area contributed by atoms with E-state index in [2.05, 4.69) is 9.47 Å². The number of ether oxygens (including phenoxy) is 9. The molecule has 0 aromatic rings. The topological polar surface area (TPSA) is 250 Å². The standard InChI is InChI=1S/C12H20O7.C11H18O6.IO4.Na/c1-12(2)18-10-6(4-8(15)16-3)9(7(14)5-13)17-11(10)19-12;1-11(2)16-8-6(5-7(12)13-3)9(14-4)15-10(8)17-11;2-1(3,4)5;/h6-7,9-11,13-14H,4-5H2,1-3H3;6,8-10H,5H2,1-4H3;;/q;;-1;+1/t6?,7?,9-,10+,11+;6?,8-,9?,10-;;/m01../s1. The molecule has 4 fully saturated rings. The first-order valence-corrected chi connectivity index (χ1v) is 16.0. The van der Waals surface area contributed by atoms with Gasteiger partial charge in [0.1, 0.15) is 38.4 Å². The van der Waals surface area contributed by atoms with Crippen LogP contribution >= 0.6 is 0 Å². The van der Waals surface area contributed by atoms with E-state index >= 15 is 0 Å². The molecule has 0 radical (unpaired) electrons. The Hall–Kier alpha value is 0.150. The van der Waals surface area contributed by atoms with Gasteiger partial charge in [-0.3, -0.25) is 23.3 Å². The molecule has 0 aromatic heterocycles. The van der Waals surface area contributed by atoms with Crippen molar-refractivity contribution in [2.75, 3.05) is 27.9 Å². The second kappa shape index (κ2) is 16.6. The molecule has 9 atom stereocenters. The molecule has 4 saturated heterocycles. The van der Waals surface area contributed by atoms with Crippen molar-refractivity contribution < 1.29 is 126 Å². The van der Waals surface area contributed by atoms with Crippen molar-refractivity contribution in [3.8, 4) is 0 Å². The molecule has 0 spiro atoms. The van der Waals surface area contributed by atoms with Gasteiger partial charge in [0.2, 0.25) is 0 Å². The molecular formula is C23H38INaO17. The van der Waals surface area contributed by atoms with Crippen molar-refractivity contribution in [1.29, 1.82) is 0 Å². The summed E-state index contributed by atoms with van der Waals surface area (Å²) in [5, 5.41) is 18.8. The molecule has 240 valence electrons. The maximum atomic E-state index is 11.5. The summed E-state index contributed by atoms with van der Waals surface area (Å²) in [5.41, 5.74) is 0. The van der Waals surface area contributed by atoms with Crippen molar-refractivity contribution in [3.05, 3.63) is 0 Å². The van der Waals surface area contributed by atoms with Crippen LogP contribution in [0.5, 0.6) is 0 Å². The molecule has 4 aliphatic heterocycles. The maximum Gasteiger partial charge on any atom is 1.00 e. The molecule has 4 heterocycles. The van der Waals surface area contributed by atoms with Gasteiger partial charge in [-0.05, 0) is 27.7 Å². The summed E-state index contributed by atoms with van der Waals surface area (Å²) in [7, 11) is 4.18. The summed E-state index contributed by atoms with van der Waals surface area (Å²) < 4.78 is 82.6. The molecule has 0 amide bonds. The van der Waals surface area contributed by atoms with Crippen molar-refractivity contribution in [1.82, 2.24) is 0 Å². The largest absolute Gasteiger partial charge is 1.00 e. The Morgan fingerprint density at radius 2 is 1.21 bits per heavy atom. The van der Waals surface area contributed by atoms with Crippen LogP contribution in [0.3, 0.4) is 0 Å². The number of aliphatic hydroxyl groups excluding tert-OH is 2. The van der Waals surface area contributed by atoms with E-state index < -0.39 is 87.3 Å². The predicted molar refractivity (Wildman–Crippen MR) is 118 cm³/mol. The number of esters is 2. The average molecular weight is 736 g/mol. The van der Waals surface area contributed by atoms with Crippen LogP contribution in [0.4, 0.5) is 0 Å². The van der Waals surface area contributed by atoms with E-state index in [4.69, 9.17) is 52.0 Å². The SMILES string of the molecule is COC(=O)CC1C(OC)O[C@@H]2OC(C)(C)O[C@H]12.COC(=O)CC1[C@@H](C(O)CO)O[C@@H]2OC(C)(C)O[C@H]12.[Na+].[O-][I+3]([O-])([O-])[O-]. The fraction of sp³-hybridized carbons (Fsp3) is 0.913. The van der Waals surface area contributed by atoms with Gasteiger partial charge in [-0.2, -0.15) is 0 Å². The fourth-order valence-corrected chi connectivity index (χ4v) is 4.84. The van der Waals surface area contributed by atoms with Gasteiger partial charge >= 0.3 is 41.5 Å². The van der Waals surface area contributed by atoms with E-state index in [-0.39, 0.29) is 60.4 Å². The Morgan fingerprint density at radius 3 is 1.62 bits per heavy atom. The monoisotopic (exact) mass is 736 g/mol. The molecule has 0 bridgehead atoms. The molecule has 42 heavy (non-hydrogen) atoms. The summed E-state index contributed by atoms with van der Waals surface area (Å²) in [6.07, 6.45) is -3.95. The van der Waals surface area contributed by atoms with E-state index in [0.29, 0.717) is 0 Å². The predicted octanol–water partition coefficient (Wildman–Crippen LogP) is -10.7. The number of halogens is 1. The number of rotatable bonds is 7. The van der Waals surface area contributed by atoms with Crippen molar-refractivity contribution in [2.45, 2.75) is 95.4 Å². The zero-order chi connectivity index (χ0) is 31.3. The van der Waals surface area contributed by atoms with Gasteiger partial charge in [-0.1, -0.05) is 0 Å². The van der Waals surface area contributed by atoms with E-state index in [1.165, 1.54) is 21.3 Å². The van der Waals surface area contributed by atoms with Crippen LogP contribution in [0.15, 0.2) is 0 Å². The molecule has 19 heteroatoms. The number of aliphatic hydroxyl groups is 2. The minimum Gasteiger partial charge on any atom is -0.469 e. The number of carbonyl (C=O) groups is 2. The van der Waals surface area contributed by atoms with Crippen LogP contribution in [0.25, 0.3) is 0 Å². The Balaban J connectivity index is 0.000000357. The third kappa shape index (κ3) is 11.8. The van der Waals surface area contributed by atoms with Gasteiger partial charge in [0, 0.05) is 13.0 Å². The van der Waals surface area contributed by atoms with E-state index in [1.54, 1.807) is 13.8 Å². The first-order chi connectivity index (χ1) is 18.8. The normalized spacial score (nSPS) is 34.4. The minimum atomic E-state index is -5.94. The fourth-order valence-electron chi connectivity index (χ4n) is 4.84. The summed E-state index contributed by atoms with van der Waals surface area (Å²) >= 11 is -5.94. The first kappa shape index (κ1) is 40.2. The summed E-state index contributed by atoms with van der Waals surface area (Å²) in [5.74, 6) is -2.84. The number of carbonyl (C=O) groups excluding carboxylic acids is 2. The number of fused-ring (bicyclic) bond motifs is 2. The quantitative estimate of drug-likeness (QED) is 0.140. The molecule has 0 aromatic carbocycles. The second-order valence-corrected chi connectivity index (χ2v) is 12.5. The zero-order valence-electron chi connectivity index (χ0n) is 24.7. The third-order valence-corrected chi connectivity index (χ3v) is 6.41. The Labute approximate surface area is 271 Å². The Bertz CT molecular complexity index is 864. The van der Waals surface area contributed by atoms with Crippen LogP contribution in [-0.2, 0) is 52.2 Å². The van der Waals surface area contributed by atoms with Gasteiger partial charge in [0.15, 0.2) is 30.4 Å². The molecule has 0 saturated carbocycles. The van der Waals surface area contributed by atoms with Crippen LogP contribution in [0, 0.1) is 11.8 Å². The smallest absolute Gasteiger partial charge is 0.469 e. The average Bonchev–Trinajstić information content (AvgIpc) is 3.53. The van der Waals surface area contributed by atoms with Gasteiger partial charge in [0.05, 0.1) is 45.7 Å². The maximum absolute atomic E-state index is 11.5. The van der Waals surface area contributed by atoms with Crippen LogP contribution in [-0.4, -0.2) is 105 Å². The third-order valence-electron chi connectivity index (χ3n) is 6.41. The Morgan fingerprint density at radius 1 is 0.810 bits per heavy atom. The van der Waals surface area contributed by atoms with Crippen molar-refractivity contribution in [3.63, 3.8) is 0 Å². The number of hydrogen-bond donors (Lipinski definition) is 2. The number of methoxy groups -OCH3 is 3. The van der Waals surface area contributed by atoms with E-state index in [1.807, 2.05) is 13.8 Å². The first-order valence-electron chi connectivity index (χ1n) is 12.4. The molecule has 4 rings (SSSR count). The van der Waals surface area contributed by atoms with Gasteiger partial charge in [-0.25, -0.2) is 0 Å². The summed E-state index contributed by atoms with van der Waals surface area (Å²) in [4.78, 5) is 22.8. The van der Waals surface area contributed by atoms with Crippen LogP contribution in [0.2, 0.25) is 0 Å². The molecule has 4 aliphatic rings. The van der Waals surface area contributed by atoms with Gasteiger partial charge in [0.25, 0.3) is 0 Å². The molecule has 4 unspecified atom stereocenters. The van der Waals surface area contributed by atoms with Gasteiger partial charge < -0.3 is 52.8 Å². The molecule has 17 nitrogen and oxygen atoms in total. The van der Waals surface area contributed by atoms with Crippen LogP contribution < -0.4 is 63.4 Å². The van der Waals surface area contributed by atoms with Crippen molar-refractivity contribution in [2.24, 2.45) is 11.8 Å². The summed E-state index contributed by atoms with van der Waals surface area (Å²) in [6, 6.07) is 0.